The summed E-state index contributed by atoms with van der Waals surface area (Å²) in [5, 5.41) is 8.38. The molecular weight excluding hydrogens is 216 g/mol. The van der Waals surface area contributed by atoms with E-state index in [0.717, 1.165) is 19.3 Å². The highest BCUT2D eigenvalue weighted by Crippen LogP contribution is 2.25. The van der Waals surface area contributed by atoms with Crippen molar-refractivity contribution in [2.24, 2.45) is 5.92 Å². The molecule has 0 radical (unpaired) electrons. The Kier molecular flexibility index (Phi) is 4.13. The lowest BCUT2D eigenvalue weighted by Crippen LogP contribution is -2.31. The smallest absolute Gasteiger partial charge is 0.307 e. The number of carboxylic acid groups (broad SMARTS) is 1. The van der Waals surface area contributed by atoms with Crippen LogP contribution in [-0.2, 0) is 14.6 Å². The van der Waals surface area contributed by atoms with E-state index in [0.29, 0.717) is 12.8 Å². The van der Waals surface area contributed by atoms with Gasteiger partial charge in [-0.1, -0.05) is 26.2 Å². The van der Waals surface area contributed by atoms with Gasteiger partial charge in [-0.3, -0.25) is 4.79 Å². The Balaban J connectivity index is 2.61. The molecular formula is C10H18O4S. The second-order valence-corrected chi connectivity index (χ2v) is 6.65. The summed E-state index contributed by atoms with van der Waals surface area (Å²) in [6.07, 6.45) is 4.40. The molecule has 1 aliphatic rings. The number of carbonyl (C=O) groups is 1. The van der Waals surface area contributed by atoms with E-state index in [9.17, 15) is 13.2 Å². The van der Waals surface area contributed by atoms with Gasteiger partial charge in [0, 0.05) is 0 Å². The molecule has 1 N–H and O–H groups in total. The van der Waals surface area contributed by atoms with Crippen LogP contribution in [0.3, 0.4) is 0 Å². The van der Waals surface area contributed by atoms with Crippen LogP contribution in [0, 0.1) is 5.92 Å². The van der Waals surface area contributed by atoms with Crippen molar-refractivity contribution in [3.63, 3.8) is 0 Å². The minimum absolute atomic E-state index is 0.215. The molecule has 0 heterocycles. The second-order valence-electron chi connectivity index (χ2n) is 4.33. The lowest BCUT2D eigenvalue weighted by Gasteiger charge is -2.22. The molecule has 0 bridgehead atoms. The van der Waals surface area contributed by atoms with E-state index in [1.807, 2.05) is 0 Å². The highest BCUT2D eigenvalue weighted by Gasteiger charge is 2.30. The van der Waals surface area contributed by atoms with Gasteiger partial charge in [-0.15, -0.1) is 0 Å². The SMILES string of the molecule is CC(CS(=O)(=O)C1CCCCC1)C(=O)O. The van der Waals surface area contributed by atoms with Crippen LogP contribution in [0.2, 0.25) is 0 Å². The molecule has 0 aromatic carbocycles. The lowest BCUT2D eigenvalue weighted by molar-refractivity contribution is -0.140. The largest absolute Gasteiger partial charge is 0.481 e. The molecule has 0 aliphatic heterocycles. The van der Waals surface area contributed by atoms with Gasteiger partial charge in [-0.05, 0) is 12.8 Å². The van der Waals surface area contributed by atoms with Crippen molar-refractivity contribution in [1.29, 1.82) is 0 Å². The van der Waals surface area contributed by atoms with Crippen molar-refractivity contribution in [1.82, 2.24) is 0 Å². The van der Waals surface area contributed by atoms with Gasteiger partial charge < -0.3 is 5.11 Å². The number of aliphatic carboxylic acids is 1. The van der Waals surface area contributed by atoms with E-state index in [1.165, 1.54) is 6.92 Å². The predicted molar refractivity (Wildman–Crippen MR) is 57.5 cm³/mol. The average Bonchev–Trinajstić information content (AvgIpc) is 2.18. The summed E-state index contributed by atoms with van der Waals surface area (Å²) in [7, 11) is -3.21. The second kappa shape index (κ2) is 4.96. The summed E-state index contributed by atoms with van der Waals surface area (Å²) in [5.41, 5.74) is 0. The third-order valence-electron chi connectivity index (χ3n) is 2.96. The quantitative estimate of drug-likeness (QED) is 0.799. The van der Waals surface area contributed by atoms with Crippen LogP contribution in [0.4, 0.5) is 0 Å². The number of hydrogen-bond acceptors (Lipinski definition) is 3. The average molecular weight is 234 g/mol. The summed E-state index contributed by atoms with van der Waals surface area (Å²) < 4.78 is 23.7. The molecule has 1 atom stereocenters. The van der Waals surface area contributed by atoms with Gasteiger partial charge in [0.25, 0.3) is 0 Å². The summed E-state index contributed by atoms with van der Waals surface area (Å²) in [6.45, 7) is 1.45. The first kappa shape index (κ1) is 12.5. The van der Waals surface area contributed by atoms with Crippen molar-refractivity contribution in [3.8, 4) is 0 Å². The molecule has 15 heavy (non-hydrogen) atoms. The standard InChI is InChI=1S/C10H18O4S/c1-8(10(11)12)7-15(13,14)9-5-3-2-4-6-9/h8-9H,2-7H2,1H3,(H,11,12). The van der Waals surface area contributed by atoms with E-state index in [-0.39, 0.29) is 11.0 Å². The third-order valence-corrected chi connectivity index (χ3v) is 5.42. The van der Waals surface area contributed by atoms with E-state index in [4.69, 9.17) is 5.11 Å². The zero-order valence-electron chi connectivity index (χ0n) is 8.98. The highest BCUT2D eigenvalue weighted by molar-refractivity contribution is 7.92. The third kappa shape index (κ3) is 3.48. The molecule has 1 fully saturated rings. The molecule has 0 amide bonds. The monoisotopic (exact) mass is 234 g/mol. The van der Waals surface area contributed by atoms with Gasteiger partial charge in [0.05, 0.1) is 16.9 Å². The van der Waals surface area contributed by atoms with Crippen LogP contribution in [0.15, 0.2) is 0 Å². The number of carboxylic acids is 1. The van der Waals surface area contributed by atoms with Crippen LogP contribution in [0.5, 0.6) is 0 Å². The molecule has 1 unspecified atom stereocenters. The van der Waals surface area contributed by atoms with Gasteiger partial charge in [-0.25, -0.2) is 8.42 Å². The van der Waals surface area contributed by atoms with Crippen LogP contribution in [-0.4, -0.2) is 30.5 Å². The van der Waals surface area contributed by atoms with E-state index in [2.05, 4.69) is 0 Å². The van der Waals surface area contributed by atoms with Gasteiger partial charge in [-0.2, -0.15) is 0 Å². The van der Waals surface area contributed by atoms with Crippen molar-refractivity contribution in [2.45, 2.75) is 44.3 Å². The topological polar surface area (TPSA) is 71.4 Å². The Labute approximate surface area is 90.6 Å². The van der Waals surface area contributed by atoms with Crippen LogP contribution in [0.1, 0.15) is 39.0 Å². The van der Waals surface area contributed by atoms with Crippen LogP contribution < -0.4 is 0 Å². The van der Waals surface area contributed by atoms with Gasteiger partial charge in [0.2, 0.25) is 0 Å². The Morgan fingerprint density at radius 2 is 1.87 bits per heavy atom. The first-order valence-corrected chi connectivity index (χ1v) is 7.09. The molecule has 5 heteroatoms. The summed E-state index contributed by atoms with van der Waals surface area (Å²) >= 11 is 0. The Morgan fingerprint density at radius 1 is 1.33 bits per heavy atom. The molecule has 88 valence electrons. The van der Waals surface area contributed by atoms with Gasteiger partial charge in [0.1, 0.15) is 0 Å². The predicted octanol–water partition coefficient (Wildman–Crippen LogP) is 1.45. The fourth-order valence-electron chi connectivity index (χ4n) is 1.98. The first-order chi connectivity index (χ1) is 6.93. The van der Waals surface area contributed by atoms with Crippen molar-refractivity contribution < 1.29 is 18.3 Å². The fraction of sp³-hybridized carbons (Fsp3) is 0.900. The highest BCUT2D eigenvalue weighted by atomic mass is 32.2. The van der Waals surface area contributed by atoms with Gasteiger partial charge >= 0.3 is 5.97 Å². The number of hydrogen-bond donors (Lipinski definition) is 1. The van der Waals surface area contributed by atoms with Gasteiger partial charge in [0.15, 0.2) is 9.84 Å². The Morgan fingerprint density at radius 3 is 2.33 bits per heavy atom. The lowest BCUT2D eigenvalue weighted by atomic mass is 10.0. The first-order valence-electron chi connectivity index (χ1n) is 5.38. The Bertz CT molecular complexity index is 314. The normalized spacial score (nSPS) is 21.1. The molecule has 0 aromatic rings. The molecule has 4 nitrogen and oxygen atoms in total. The fourth-order valence-corrected chi connectivity index (χ4v) is 4.14. The van der Waals surface area contributed by atoms with Crippen LogP contribution in [0.25, 0.3) is 0 Å². The maximum Gasteiger partial charge on any atom is 0.307 e. The summed E-state index contributed by atoms with van der Waals surface area (Å²) in [6, 6.07) is 0. The van der Waals surface area contributed by atoms with Crippen molar-refractivity contribution >= 4 is 15.8 Å². The van der Waals surface area contributed by atoms with Crippen molar-refractivity contribution in [3.05, 3.63) is 0 Å². The summed E-state index contributed by atoms with van der Waals surface area (Å²) in [5.74, 6) is -2.04. The number of sulfone groups is 1. The maximum absolute atomic E-state index is 11.8. The molecule has 0 saturated heterocycles. The molecule has 0 spiro atoms. The van der Waals surface area contributed by atoms with Crippen molar-refractivity contribution in [2.75, 3.05) is 5.75 Å². The minimum atomic E-state index is -3.21. The van der Waals surface area contributed by atoms with E-state index in [1.54, 1.807) is 0 Å². The molecule has 0 aromatic heterocycles. The summed E-state index contributed by atoms with van der Waals surface area (Å²) in [4.78, 5) is 10.6. The maximum atomic E-state index is 11.8. The molecule has 1 saturated carbocycles. The number of rotatable bonds is 4. The zero-order chi connectivity index (χ0) is 11.5. The van der Waals surface area contributed by atoms with Crippen LogP contribution >= 0.6 is 0 Å². The van der Waals surface area contributed by atoms with E-state index >= 15 is 0 Å². The Hall–Kier alpha value is -0.580. The molecule has 1 rings (SSSR count). The van der Waals surface area contributed by atoms with E-state index < -0.39 is 21.7 Å². The minimum Gasteiger partial charge on any atom is -0.481 e. The molecule has 1 aliphatic carbocycles. The zero-order valence-corrected chi connectivity index (χ0v) is 9.79.